The van der Waals surface area contributed by atoms with Crippen molar-refractivity contribution in [1.29, 1.82) is 0 Å². The predicted molar refractivity (Wildman–Crippen MR) is 112 cm³/mol. The third-order valence-electron chi connectivity index (χ3n) is 4.59. The number of rotatable bonds is 11. The summed E-state index contributed by atoms with van der Waals surface area (Å²) in [7, 11) is 7.18. The van der Waals surface area contributed by atoms with Gasteiger partial charge in [-0.15, -0.1) is 0 Å². The summed E-state index contributed by atoms with van der Waals surface area (Å²) in [5.41, 5.74) is 1.20. The third-order valence-corrected chi connectivity index (χ3v) is 4.59. The van der Waals surface area contributed by atoms with E-state index in [4.69, 9.17) is 14.2 Å². The van der Waals surface area contributed by atoms with Gasteiger partial charge in [0.2, 0.25) is 0 Å². The van der Waals surface area contributed by atoms with Gasteiger partial charge in [-0.3, -0.25) is 4.99 Å². The zero-order valence-corrected chi connectivity index (χ0v) is 18.0. The molecule has 1 aromatic carbocycles. The van der Waals surface area contributed by atoms with Crippen molar-refractivity contribution in [3.63, 3.8) is 0 Å². The van der Waals surface area contributed by atoms with Crippen molar-refractivity contribution in [3.8, 4) is 11.5 Å². The van der Waals surface area contributed by atoms with Crippen LogP contribution in [0.5, 0.6) is 11.5 Å². The van der Waals surface area contributed by atoms with E-state index in [0.29, 0.717) is 5.92 Å². The van der Waals surface area contributed by atoms with E-state index in [1.807, 2.05) is 26.1 Å². The van der Waals surface area contributed by atoms with Crippen molar-refractivity contribution < 1.29 is 14.2 Å². The van der Waals surface area contributed by atoms with E-state index >= 15 is 0 Å². The minimum absolute atomic E-state index is 0.276. The second-order valence-corrected chi connectivity index (χ2v) is 6.86. The SMILES string of the molecule is CCOC(CCNC(=NC)N(C)CCc1ccc(OC)c(OC)c1)C(C)C. The molecule has 1 aromatic rings. The lowest BCUT2D eigenvalue weighted by Gasteiger charge is -2.25. The minimum atomic E-state index is 0.276. The van der Waals surface area contributed by atoms with Gasteiger partial charge in [0.15, 0.2) is 17.5 Å². The van der Waals surface area contributed by atoms with Gasteiger partial charge >= 0.3 is 0 Å². The molecule has 0 fully saturated rings. The Balaban J connectivity index is 2.53. The summed E-state index contributed by atoms with van der Waals surface area (Å²) >= 11 is 0. The molecule has 0 aliphatic rings. The standard InChI is InChI=1S/C21H37N3O3/c1-8-27-18(16(2)3)11-13-23-21(22-4)24(5)14-12-17-9-10-19(25-6)20(15-17)26-7/h9-10,15-16,18H,8,11-14H2,1-7H3,(H,22,23). The van der Waals surface area contributed by atoms with Gasteiger partial charge < -0.3 is 24.4 Å². The van der Waals surface area contributed by atoms with Gasteiger partial charge in [0.25, 0.3) is 0 Å². The predicted octanol–water partition coefficient (Wildman–Crippen LogP) is 3.20. The summed E-state index contributed by atoms with van der Waals surface area (Å²) in [6, 6.07) is 6.04. The molecule has 154 valence electrons. The van der Waals surface area contributed by atoms with Crippen LogP contribution in [0, 0.1) is 5.92 Å². The zero-order valence-electron chi connectivity index (χ0n) is 18.0. The number of likely N-dealkylation sites (N-methyl/N-ethyl adjacent to an activating group) is 1. The van der Waals surface area contributed by atoms with E-state index in [-0.39, 0.29) is 6.10 Å². The van der Waals surface area contributed by atoms with Gasteiger partial charge in [0.1, 0.15) is 0 Å². The van der Waals surface area contributed by atoms with Crippen LogP contribution in [0.3, 0.4) is 0 Å². The minimum Gasteiger partial charge on any atom is -0.493 e. The molecule has 0 aliphatic carbocycles. The number of ether oxygens (including phenoxy) is 3. The highest BCUT2D eigenvalue weighted by atomic mass is 16.5. The van der Waals surface area contributed by atoms with Crippen LogP contribution >= 0.6 is 0 Å². The normalized spacial score (nSPS) is 12.8. The van der Waals surface area contributed by atoms with Crippen LogP contribution in [0.15, 0.2) is 23.2 Å². The van der Waals surface area contributed by atoms with Crippen molar-refractivity contribution in [3.05, 3.63) is 23.8 Å². The quantitative estimate of drug-likeness (QED) is 0.473. The Hall–Kier alpha value is -1.95. The Morgan fingerprint density at radius 3 is 2.44 bits per heavy atom. The Kier molecular flexibility index (Phi) is 10.6. The summed E-state index contributed by atoms with van der Waals surface area (Å²) in [5.74, 6) is 2.92. The first-order chi connectivity index (χ1) is 13.0. The van der Waals surface area contributed by atoms with Crippen LogP contribution in [0.4, 0.5) is 0 Å². The molecule has 27 heavy (non-hydrogen) atoms. The van der Waals surface area contributed by atoms with E-state index in [1.54, 1.807) is 14.2 Å². The number of benzene rings is 1. The van der Waals surface area contributed by atoms with Crippen molar-refractivity contribution in [2.75, 3.05) is 48.0 Å². The highest BCUT2D eigenvalue weighted by Crippen LogP contribution is 2.27. The fourth-order valence-electron chi connectivity index (χ4n) is 2.97. The van der Waals surface area contributed by atoms with Crippen molar-refractivity contribution in [2.45, 2.75) is 39.7 Å². The van der Waals surface area contributed by atoms with Crippen LogP contribution in [0.2, 0.25) is 0 Å². The lowest BCUT2D eigenvalue weighted by Crippen LogP contribution is -2.41. The molecule has 0 spiro atoms. The summed E-state index contributed by atoms with van der Waals surface area (Å²) < 4.78 is 16.5. The van der Waals surface area contributed by atoms with E-state index in [1.165, 1.54) is 5.56 Å². The first-order valence-corrected chi connectivity index (χ1v) is 9.71. The smallest absolute Gasteiger partial charge is 0.193 e. The van der Waals surface area contributed by atoms with E-state index in [2.05, 4.69) is 42.2 Å². The van der Waals surface area contributed by atoms with Crippen LogP contribution in [0.1, 0.15) is 32.8 Å². The molecule has 0 bridgehead atoms. The summed E-state index contributed by atoms with van der Waals surface area (Å²) in [4.78, 5) is 6.54. The van der Waals surface area contributed by atoms with E-state index in [0.717, 1.165) is 50.0 Å². The van der Waals surface area contributed by atoms with Gasteiger partial charge in [0.05, 0.1) is 20.3 Å². The number of guanidine groups is 1. The number of methoxy groups -OCH3 is 2. The number of aliphatic imine (C=N–C) groups is 1. The number of nitrogens with one attached hydrogen (secondary N) is 1. The molecule has 6 nitrogen and oxygen atoms in total. The molecule has 0 aromatic heterocycles. The van der Waals surface area contributed by atoms with Gasteiger partial charge in [0, 0.05) is 33.8 Å². The van der Waals surface area contributed by atoms with Crippen molar-refractivity contribution >= 4 is 5.96 Å². The molecule has 0 saturated heterocycles. The van der Waals surface area contributed by atoms with Crippen molar-refractivity contribution in [2.24, 2.45) is 10.9 Å². The summed E-state index contributed by atoms with van der Waals surface area (Å²) in [6.07, 6.45) is 2.14. The fourth-order valence-corrected chi connectivity index (χ4v) is 2.97. The van der Waals surface area contributed by atoms with Gasteiger partial charge in [-0.2, -0.15) is 0 Å². The number of nitrogens with zero attached hydrogens (tertiary/aromatic N) is 2. The molecule has 6 heteroatoms. The molecule has 0 aliphatic heterocycles. The van der Waals surface area contributed by atoms with Crippen LogP contribution in [0.25, 0.3) is 0 Å². The zero-order chi connectivity index (χ0) is 20.2. The topological polar surface area (TPSA) is 55.3 Å². The number of hydrogen-bond donors (Lipinski definition) is 1. The molecule has 1 rings (SSSR count). The fraction of sp³-hybridized carbons (Fsp3) is 0.667. The monoisotopic (exact) mass is 379 g/mol. The maximum atomic E-state index is 5.81. The highest BCUT2D eigenvalue weighted by Gasteiger charge is 2.14. The Morgan fingerprint density at radius 2 is 1.89 bits per heavy atom. The second-order valence-electron chi connectivity index (χ2n) is 6.86. The van der Waals surface area contributed by atoms with Crippen LogP contribution in [-0.2, 0) is 11.2 Å². The maximum Gasteiger partial charge on any atom is 0.193 e. The third kappa shape index (κ3) is 7.67. The molecule has 0 saturated carbocycles. The lowest BCUT2D eigenvalue weighted by atomic mass is 10.0. The van der Waals surface area contributed by atoms with Gasteiger partial charge in [-0.05, 0) is 43.4 Å². The first-order valence-electron chi connectivity index (χ1n) is 9.71. The first kappa shape index (κ1) is 23.1. The molecular formula is C21H37N3O3. The molecule has 1 unspecified atom stereocenters. The Labute approximate surface area is 164 Å². The van der Waals surface area contributed by atoms with E-state index in [9.17, 15) is 0 Å². The maximum absolute atomic E-state index is 5.81. The van der Waals surface area contributed by atoms with Crippen LogP contribution < -0.4 is 14.8 Å². The van der Waals surface area contributed by atoms with Gasteiger partial charge in [-0.25, -0.2) is 0 Å². The molecule has 0 heterocycles. The molecular weight excluding hydrogens is 342 g/mol. The summed E-state index contributed by atoms with van der Waals surface area (Å²) in [5, 5.41) is 3.44. The molecule has 0 radical (unpaired) electrons. The van der Waals surface area contributed by atoms with Gasteiger partial charge in [-0.1, -0.05) is 19.9 Å². The molecule has 1 N–H and O–H groups in total. The summed E-state index contributed by atoms with van der Waals surface area (Å²) in [6.45, 7) is 8.89. The largest absolute Gasteiger partial charge is 0.493 e. The molecule has 1 atom stereocenters. The Bertz CT molecular complexity index is 576. The highest BCUT2D eigenvalue weighted by molar-refractivity contribution is 5.79. The Morgan fingerprint density at radius 1 is 1.19 bits per heavy atom. The van der Waals surface area contributed by atoms with E-state index < -0.39 is 0 Å². The number of hydrogen-bond acceptors (Lipinski definition) is 4. The average Bonchev–Trinajstić information content (AvgIpc) is 2.68. The van der Waals surface area contributed by atoms with Crippen LogP contribution in [-0.4, -0.2) is 65.0 Å². The lowest BCUT2D eigenvalue weighted by molar-refractivity contribution is 0.0257. The second kappa shape index (κ2) is 12.4. The molecule has 0 amide bonds. The van der Waals surface area contributed by atoms with Crippen molar-refractivity contribution in [1.82, 2.24) is 10.2 Å². The average molecular weight is 380 g/mol.